The summed E-state index contributed by atoms with van der Waals surface area (Å²) in [4.78, 5) is 16.9. The molecule has 0 aliphatic carbocycles. The van der Waals surface area contributed by atoms with Crippen molar-refractivity contribution in [3.63, 3.8) is 0 Å². The molecule has 1 aromatic heterocycles. The third kappa shape index (κ3) is 4.66. The predicted octanol–water partition coefficient (Wildman–Crippen LogP) is 1.89. The van der Waals surface area contributed by atoms with Gasteiger partial charge in [-0.1, -0.05) is 5.38 Å². The van der Waals surface area contributed by atoms with Gasteiger partial charge in [0, 0.05) is 45.2 Å². The monoisotopic (exact) mass is 340 g/mol. The zero-order valence-corrected chi connectivity index (χ0v) is 13.9. The fourth-order valence-corrected chi connectivity index (χ4v) is 3.43. The number of piperidine rings is 1. The van der Waals surface area contributed by atoms with Gasteiger partial charge in [-0.05, 0) is 29.4 Å². The van der Waals surface area contributed by atoms with E-state index in [1.807, 2.05) is 5.38 Å². The Hall–Kier alpha value is 0.619. The van der Waals surface area contributed by atoms with E-state index in [9.17, 15) is 4.79 Å². The molecule has 1 aromatic rings. The van der Waals surface area contributed by atoms with E-state index in [1.165, 1.54) is 4.81 Å². The van der Waals surface area contributed by atoms with Crippen molar-refractivity contribution in [3.8, 4) is 0 Å². The zero-order valence-electron chi connectivity index (χ0n) is 9.46. The maximum Gasteiger partial charge on any atom is 0.230 e. The van der Waals surface area contributed by atoms with E-state index in [4.69, 9.17) is 7.98 Å². The molecule has 1 saturated heterocycles. The molecule has 0 aromatic carbocycles. The smallest absolute Gasteiger partial charge is 0.230 e. The molecule has 0 bridgehead atoms. The first-order chi connectivity index (χ1) is 7.77. The summed E-state index contributed by atoms with van der Waals surface area (Å²) < 4.78 is 1.03. The Morgan fingerprint density at radius 3 is 3.24 bits per heavy atom. The second-order valence-electron chi connectivity index (χ2n) is 3.73. The Bertz CT molecular complexity index is 350. The molecule has 87 valence electrons. The summed E-state index contributed by atoms with van der Waals surface area (Å²) in [5.41, 5.74) is 0. The van der Waals surface area contributed by atoms with E-state index in [0.717, 1.165) is 29.4 Å². The van der Waals surface area contributed by atoms with E-state index in [0.29, 0.717) is 6.42 Å². The van der Waals surface area contributed by atoms with E-state index in [1.54, 1.807) is 23.1 Å². The van der Waals surface area contributed by atoms with Gasteiger partial charge in [-0.3, -0.25) is 4.79 Å². The molecule has 7 heteroatoms. The van der Waals surface area contributed by atoms with Crippen molar-refractivity contribution >= 4 is 37.0 Å². The second kappa shape index (κ2) is 7.92. The van der Waals surface area contributed by atoms with Gasteiger partial charge in [0.25, 0.3) is 0 Å². The Kier molecular flexibility index (Phi) is 7.31. The summed E-state index contributed by atoms with van der Waals surface area (Å²) in [6.07, 6.45) is 6.31. The second-order valence-corrected chi connectivity index (χ2v) is 5.93. The van der Waals surface area contributed by atoms with Crippen LogP contribution in [-0.2, 0) is 37.5 Å². The molecule has 3 radical (unpaired) electrons. The molecule has 1 fully saturated rings. The molecule has 3 nitrogen and oxygen atoms in total. The molecule has 2 heterocycles. The number of aromatic nitrogens is 1. The first kappa shape index (κ1) is 15.7. The van der Waals surface area contributed by atoms with Crippen LogP contribution in [0.1, 0.15) is 25.7 Å². The molecule has 0 N–H and O–H groups in total. The van der Waals surface area contributed by atoms with Gasteiger partial charge in [0.1, 0.15) is 0 Å². The molecule has 1 amide bonds. The topological polar surface area (TPSA) is 33.2 Å². The number of rotatable bonds is 4. The fourth-order valence-electron chi connectivity index (χ4n) is 1.77. The van der Waals surface area contributed by atoms with Gasteiger partial charge in [0.15, 0.2) is 0 Å². The van der Waals surface area contributed by atoms with Crippen molar-refractivity contribution in [2.75, 3.05) is 5.75 Å². The van der Waals surface area contributed by atoms with Crippen LogP contribution in [-0.4, -0.2) is 35.5 Å². The van der Waals surface area contributed by atoms with Gasteiger partial charge < -0.3 is 9.79 Å². The molecule has 1 aliphatic heterocycles. The Labute approximate surface area is 136 Å². The SMILES string of the molecule is [B]N1C(=O)CCCC1CCSc1n[c-]cs1.[Y]. The number of amides is 1. The summed E-state index contributed by atoms with van der Waals surface area (Å²) in [5, 5.41) is 1.85. The minimum absolute atomic E-state index is 0. The van der Waals surface area contributed by atoms with Crippen LogP contribution in [0.5, 0.6) is 0 Å². The molecular formula is C10H12BN2OS2Y-. The van der Waals surface area contributed by atoms with Gasteiger partial charge in [-0.2, -0.15) is 11.8 Å². The quantitative estimate of drug-likeness (QED) is 0.477. The van der Waals surface area contributed by atoms with E-state index in [2.05, 4.69) is 11.2 Å². The van der Waals surface area contributed by atoms with Gasteiger partial charge in [-0.15, -0.1) is 6.20 Å². The molecule has 17 heavy (non-hydrogen) atoms. The van der Waals surface area contributed by atoms with Crippen LogP contribution < -0.4 is 0 Å². The standard InChI is InChI=1S/C10H12BN2OS2.Y/c11-13-8(2-1-3-9(13)14)4-6-15-10-12-5-7-16-10;/h7-8H,1-4,6H2;/q-1;. The van der Waals surface area contributed by atoms with Crippen molar-refractivity contribution < 1.29 is 37.5 Å². The Morgan fingerprint density at radius 2 is 2.53 bits per heavy atom. The third-order valence-corrected chi connectivity index (χ3v) is 4.59. The van der Waals surface area contributed by atoms with Gasteiger partial charge in [0.2, 0.25) is 13.9 Å². The molecule has 2 rings (SSSR count). The van der Waals surface area contributed by atoms with Crippen molar-refractivity contribution in [1.82, 2.24) is 9.79 Å². The van der Waals surface area contributed by atoms with Crippen LogP contribution >= 0.6 is 23.1 Å². The Balaban J connectivity index is 0.00000144. The third-order valence-electron chi connectivity index (χ3n) is 2.65. The van der Waals surface area contributed by atoms with Crippen LogP contribution in [0.3, 0.4) is 0 Å². The molecule has 0 saturated carbocycles. The number of carbonyl (C=O) groups excluding carboxylic acids is 1. The first-order valence-corrected chi connectivity index (χ1v) is 7.15. The van der Waals surface area contributed by atoms with Crippen molar-refractivity contribution in [3.05, 3.63) is 11.6 Å². The van der Waals surface area contributed by atoms with Crippen LogP contribution in [0.4, 0.5) is 0 Å². The summed E-state index contributed by atoms with van der Waals surface area (Å²) >= 11 is 3.30. The normalized spacial score (nSPS) is 20.1. The number of thiazole rings is 1. The van der Waals surface area contributed by atoms with Crippen molar-refractivity contribution in [1.29, 1.82) is 0 Å². The van der Waals surface area contributed by atoms with E-state index in [-0.39, 0.29) is 44.7 Å². The van der Waals surface area contributed by atoms with Gasteiger partial charge >= 0.3 is 0 Å². The maximum atomic E-state index is 11.4. The number of carbonyl (C=O) groups is 1. The minimum Gasteiger partial charge on any atom is -0.437 e. The van der Waals surface area contributed by atoms with Crippen LogP contribution in [0.2, 0.25) is 0 Å². The molecule has 1 unspecified atom stereocenters. The number of nitrogens with zero attached hydrogens (tertiary/aromatic N) is 2. The molecule has 0 spiro atoms. The number of hydrogen-bond donors (Lipinski definition) is 0. The van der Waals surface area contributed by atoms with Gasteiger partial charge in [0.05, 0.1) is 0 Å². The first-order valence-electron chi connectivity index (χ1n) is 5.28. The Morgan fingerprint density at radius 1 is 1.71 bits per heavy atom. The van der Waals surface area contributed by atoms with Gasteiger partial charge in [-0.25, -0.2) is 11.3 Å². The summed E-state index contributed by atoms with van der Waals surface area (Å²) in [6.45, 7) is 0. The van der Waals surface area contributed by atoms with Crippen molar-refractivity contribution in [2.45, 2.75) is 36.1 Å². The average Bonchev–Trinajstić information content (AvgIpc) is 2.77. The molecule has 1 atom stereocenters. The van der Waals surface area contributed by atoms with E-state index >= 15 is 0 Å². The zero-order chi connectivity index (χ0) is 11.4. The molecular weight excluding hydrogens is 328 g/mol. The maximum absolute atomic E-state index is 11.4. The van der Waals surface area contributed by atoms with Crippen LogP contribution in [0.25, 0.3) is 0 Å². The largest absolute Gasteiger partial charge is 0.437 e. The van der Waals surface area contributed by atoms with E-state index < -0.39 is 0 Å². The van der Waals surface area contributed by atoms with Crippen molar-refractivity contribution in [2.24, 2.45) is 0 Å². The molecule has 1 aliphatic rings. The summed E-state index contributed by atoms with van der Waals surface area (Å²) in [7, 11) is 5.74. The number of thioether (sulfide) groups is 1. The summed E-state index contributed by atoms with van der Waals surface area (Å²) in [5.74, 6) is 1.02. The fraction of sp³-hybridized carbons (Fsp3) is 0.600. The predicted molar refractivity (Wildman–Crippen MR) is 66.5 cm³/mol. The van der Waals surface area contributed by atoms with Crippen LogP contribution in [0, 0.1) is 6.20 Å². The summed E-state index contributed by atoms with van der Waals surface area (Å²) in [6, 6.07) is 0.206. The average molecular weight is 340 g/mol. The number of hydrogen-bond acceptors (Lipinski definition) is 4. The minimum atomic E-state index is 0. The van der Waals surface area contributed by atoms with Crippen LogP contribution in [0.15, 0.2) is 9.72 Å².